The third-order valence-electron chi connectivity index (χ3n) is 3.24. The standard InChI is InChI=1S/C15H16N4OS3/c1-9-5-3-4-6-11(9)13-18-19-14(23-13)17-12(20)10(2)22-15-16-7-8-21-15/h3-6,10H,7-8H2,1-2H3,(H,17,19,20)/t10-/m1/s1. The molecule has 120 valence electrons. The molecule has 1 amide bonds. The van der Waals surface area contributed by atoms with E-state index in [-0.39, 0.29) is 11.2 Å². The molecular formula is C15H16N4OS3. The number of aliphatic imine (C=N–C) groups is 1. The van der Waals surface area contributed by atoms with E-state index < -0.39 is 0 Å². The van der Waals surface area contributed by atoms with Crippen LogP contribution in [0, 0.1) is 6.92 Å². The molecule has 0 bridgehead atoms. The number of carbonyl (C=O) groups is 1. The Morgan fingerprint density at radius 2 is 2.17 bits per heavy atom. The lowest BCUT2D eigenvalue weighted by molar-refractivity contribution is -0.115. The maximum absolute atomic E-state index is 12.3. The molecule has 1 atom stereocenters. The Morgan fingerprint density at radius 1 is 1.35 bits per heavy atom. The first-order valence-corrected chi connectivity index (χ1v) is 9.86. The predicted molar refractivity (Wildman–Crippen MR) is 101 cm³/mol. The Bertz CT molecular complexity index is 744. The molecule has 1 aromatic heterocycles. The zero-order valence-corrected chi connectivity index (χ0v) is 15.2. The fourth-order valence-corrected chi connectivity index (χ4v) is 4.96. The molecule has 0 radical (unpaired) electrons. The quantitative estimate of drug-likeness (QED) is 0.896. The number of nitrogens with one attached hydrogen (secondary N) is 1. The van der Waals surface area contributed by atoms with E-state index >= 15 is 0 Å². The average Bonchev–Trinajstić information content (AvgIpc) is 3.19. The van der Waals surface area contributed by atoms with Crippen molar-refractivity contribution in [1.82, 2.24) is 10.2 Å². The Labute approximate surface area is 147 Å². The lowest BCUT2D eigenvalue weighted by atomic mass is 10.1. The van der Waals surface area contributed by atoms with Crippen LogP contribution in [0.2, 0.25) is 0 Å². The van der Waals surface area contributed by atoms with E-state index in [0.717, 1.165) is 32.8 Å². The molecule has 5 nitrogen and oxygen atoms in total. The van der Waals surface area contributed by atoms with Crippen LogP contribution < -0.4 is 5.32 Å². The van der Waals surface area contributed by atoms with E-state index in [0.29, 0.717) is 5.13 Å². The monoisotopic (exact) mass is 364 g/mol. The summed E-state index contributed by atoms with van der Waals surface area (Å²) in [7, 11) is 0. The normalized spacial score (nSPS) is 15.3. The summed E-state index contributed by atoms with van der Waals surface area (Å²) >= 11 is 4.59. The van der Waals surface area contributed by atoms with Gasteiger partial charge in [0, 0.05) is 11.3 Å². The minimum absolute atomic E-state index is 0.0716. The van der Waals surface area contributed by atoms with E-state index in [1.165, 1.54) is 23.1 Å². The highest BCUT2D eigenvalue weighted by molar-refractivity contribution is 8.39. The summed E-state index contributed by atoms with van der Waals surface area (Å²) < 4.78 is 0.991. The van der Waals surface area contributed by atoms with E-state index in [9.17, 15) is 4.79 Å². The molecule has 1 N–H and O–H groups in total. The SMILES string of the molecule is Cc1ccccc1-c1nnc(NC(=O)[C@@H](C)SC2=NCCS2)s1. The number of hydrogen-bond donors (Lipinski definition) is 1. The molecule has 0 fully saturated rings. The van der Waals surface area contributed by atoms with Crippen molar-refractivity contribution in [2.75, 3.05) is 17.6 Å². The van der Waals surface area contributed by atoms with E-state index in [2.05, 4.69) is 20.5 Å². The fourth-order valence-electron chi connectivity index (χ4n) is 1.99. The molecule has 0 unspecified atom stereocenters. The van der Waals surface area contributed by atoms with Gasteiger partial charge in [0.05, 0.1) is 11.8 Å². The summed E-state index contributed by atoms with van der Waals surface area (Å²) in [6, 6.07) is 8.01. The summed E-state index contributed by atoms with van der Waals surface area (Å²) in [6.07, 6.45) is 0. The van der Waals surface area contributed by atoms with Crippen LogP contribution in [-0.2, 0) is 4.79 Å². The van der Waals surface area contributed by atoms with Gasteiger partial charge in [-0.05, 0) is 19.4 Å². The Balaban J connectivity index is 1.64. The van der Waals surface area contributed by atoms with Crippen LogP contribution in [0.25, 0.3) is 10.6 Å². The molecular weight excluding hydrogens is 348 g/mol. The highest BCUT2D eigenvalue weighted by Gasteiger charge is 2.20. The van der Waals surface area contributed by atoms with Gasteiger partial charge < -0.3 is 0 Å². The van der Waals surface area contributed by atoms with Crippen molar-refractivity contribution in [2.45, 2.75) is 19.1 Å². The van der Waals surface area contributed by atoms with Crippen LogP contribution in [0.3, 0.4) is 0 Å². The third kappa shape index (κ3) is 4.13. The molecule has 2 aromatic rings. The van der Waals surface area contributed by atoms with Crippen LogP contribution in [-0.4, -0.2) is 38.0 Å². The lowest BCUT2D eigenvalue weighted by Crippen LogP contribution is -2.23. The number of aryl methyl sites for hydroxylation is 1. The number of rotatable bonds is 4. The molecule has 23 heavy (non-hydrogen) atoms. The molecule has 2 heterocycles. The minimum Gasteiger partial charge on any atom is -0.300 e. The number of amides is 1. The smallest absolute Gasteiger partial charge is 0.239 e. The van der Waals surface area contributed by atoms with Gasteiger partial charge in [-0.3, -0.25) is 15.1 Å². The first-order valence-electron chi connectivity index (χ1n) is 7.18. The molecule has 0 spiro atoms. The highest BCUT2D eigenvalue weighted by atomic mass is 32.2. The number of anilines is 1. The molecule has 0 saturated carbocycles. The fraction of sp³-hybridized carbons (Fsp3) is 0.333. The number of aromatic nitrogens is 2. The average molecular weight is 365 g/mol. The Morgan fingerprint density at radius 3 is 2.91 bits per heavy atom. The number of carbonyl (C=O) groups excluding carboxylic acids is 1. The van der Waals surface area contributed by atoms with E-state index in [4.69, 9.17) is 0 Å². The minimum atomic E-state index is -0.204. The Hall–Kier alpha value is -1.38. The van der Waals surface area contributed by atoms with Crippen molar-refractivity contribution in [1.29, 1.82) is 0 Å². The van der Waals surface area contributed by atoms with Crippen molar-refractivity contribution in [2.24, 2.45) is 4.99 Å². The molecule has 1 aliphatic rings. The zero-order valence-electron chi connectivity index (χ0n) is 12.8. The van der Waals surface area contributed by atoms with Gasteiger partial charge >= 0.3 is 0 Å². The summed E-state index contributed by atoms with van der Waals surface area (Å²) in [5, 5.41) is 12.2. The summed E-state index contributed by atoms with van der Waals surface area (Å²) in [5.41, 5.74) is 2.19. The van der Waals surface area contributed by atoms with E-state index in [1.807, 2.05) is 38.1 Å². The highest BCUT2D eigenvalue weighted by Crippen LogP contribution is 2.30. The van der Waals surface area contributed by atoms with Crippen molar-refractivity contribution in [3.63, 3.8) is 0 Å². The first kappa shape index (κ1) is 16.5. The van der Waals surface area contributed by atoms with Gasteiger partial charge in [0.1, 0.15) is 9.38 Å². The zero-order chi connectivity index (χ0) is 16.2. The van der Waals surface area contributed by atoms with Gasteiger partial charge in [-0.15, -0.1) is 10.2 Å². The van der Waals surface area contributed by atoms with Crippen molar-refractivity contribution < 1.29 is 4.79 Å². The number of hydrogen-bond acceptors (Lipinski definition) is 7. The van der Waals surface area contributed by atoms with Gasteiger partial charge in [-0.25, -0.2) is 0 Å². The summed E-state index contributed by atoms with van der Waals surface area (Å²) in [6.45, 7) is 4.76. The van der Waals surface area contributed by atoms with Crippen LogP contribution in [0.5, 0.6) is 0 Å². The topological polar surface area (TPSA) is 67.2 Å². The molecule has 0 saturated heterocycles. The second-order valence-corrected chi connectivity index (χ2v) is 8.62. The van der Waals surface area contributed by atoms with Crippen LogP contribution >= 0.6 is 34.9 Å². The predicted octanol–water partition coefficient (Wildman–Crippen LogP) is 3.68. The van der Waals surface area contributed by atoms with Gasteiger partial charge in [0.2, 0.25) is 11.0 Å². The van der Waals surface area contributed by atoms with Crippen LogP contribution in [0.4, 0.5) is 5.13 Å². The molecule has 8 heteroatoms. The van der Waals surface area contributed by atoms with Gasteiger partial charge in [-0.1, -0.05) is 59.1 Å². The van der Waals surface area contributed by atoms with Crippen molar-refractivity contribution >= 4 is 50.3 Å². The third-order valence-corrected chi connectivity index (χ3v) is 6.41. The molecule has 0 aliphatic carbocycles. The number of thioether (sulfide) groups is 2. The van der Waals surface area contributed by atoms with Crippen molar-refractivity contribution in [3.05, 3.63) is 29.8 Å². The van der Waals surface area contributed by atoms with Crippen molar-refractivity contribution in [3.8, 4) is 10.6 Å². The molecule has 1 aliphatic heterocycles. The lowest BCUT2D eigenvalue weighted by Gasteiger charge is -2.09. The Kier molecular flexibility index (Phi) is 5.34. The largest absolute Gasteiger partial charge is 0.300 e. The summed E-state index contributed by atoms with van der Waals surface area (Å²) in [4.78, 5) is 16.6. The molecule has 1 aromatic carbocycles. The number of nitrogens with zero attached hydrogens (tertiary/aromatic N) is 3. The van der Waals surface area contributed by atoms with Gasteiger partial charge in [0.25, 0.3) is 0 Å². The van der Waals surface area contributed by atoms with Gasteiger partial charge in [-0.2, -0.15) is 0 Å². The van der Waals surface area contributed by atoms with Crippen LogP contribution in [0.15, 0.2) is 29.3 Å². The summed E-state index contributed by atoms with van der Waals surface area (Å²) in [5.74, 6) is 0.935. The van der Waals surface area contributed by atoms with Crippen LogP contribution in [0.1, 0.15) is 12.5 Å². The van der Waals surface area contributed by atoms with E-state index in [1.54, 1.807) is 11.8 Å². The second-order valence-electron chi connectivity index (χ2n) is 4.97. The van der Waals surface area contributed by atoms with Gasteiger partial charge in [0.15, 0.2) is 0 Å². The molecule has 3 rings (SSSR count). The maximum atomic E-state index is 12.3. The second kappa shape index (κ2) is 7.46. The first-order chi connectivity index (χ1) is 11.1. The number of benzene rings is 1. The maximum Gasteiger partial charge on any atom is 0.239 e.